The van der Waals surface area contributed by atoms with E-state index in [1.165, 1.54) is 37.7 Å². The first-order valence-corrected chi connectivity index (χ1v) is 14.3. The van der Waals surface area contributed by atoms with Crippen molar-refractivity contribution in [3.8, 4) is 5.75 Å². The van der Waals surface area contributed by atoms with Gasteiger partial charge in [-0.3, -0.25) is 4.90 Å². The fraction of sp³-hybridized carbons (Fsp3) is 0.793. The number of rotatable bonds is 5. The summed E-state index contributed by atoms with van der Waals surface area (Å²) in [6.45, 7) is 5.52. The first-order valence-electron chi connectivity index (χ1n) is 14.3. The van der Waals surface area contributed by atoms with Crippen LogP contribution >= 0.6 is 0 Å². The van der Waals surface area contributed by atoms with Gasteiger partial charge in [-0.15, -0.1) is 0 Å². The molecule has 2 aliphatic heterocycles. The number of nitrogens with zero attached hydrogens (tertiary/aromatic N) is 1. The van der Waals surface area contributed by atoms with Gasteiger partial charge in [0.15, 0.2) is 0 Å². The third kappa shape index (κ3) is 4.33. The zero-order chi connectivity index (χ0) is 23.3. The molecule has 0 atom stereocenters. The van der Waals surface area contributed by atoms with Crippen LogP contribution in [0.25, 0.3) is 0 Å². The van der Waals surface area contributed by atoms with Crippen LogP contribution in [0, 0.1) is 23.7 Å². The third-order valence-electron chi connectivity index (χ3n) is 10.0. The Morgan fingerprint density at radius 3 is 2.34 bits per heavy atom. The normalized spacial score (nSPS) is 43.1. The summed E-state index contributed by atoms with van der Waals surface area (Å²) in [6.07, 6.45) is 11.6. The smallest absolute Gasteiger partial charge is 0.210 e. The van der Waals surface area contributed by atoms with E-state index in [-0.39, 0.29) is 0 Å². The summed E-state index contributed by atoms with van der Waals surface area (Å²) in [6, 6.07) is 8.79. The van der Waals surface area contributed by atoms with Crippen LogP contribution in [0.3, 0.4) is 0 Å². The van der Waals surface area contributed by atoms with Crippen molar-refractivity contribution in [2.24, 2.45) is 23.7 Å². The van der Waals surface area contributed by atoms with E-state index >= 15 is 0 Å². The lowest BCUT2D eigenvalue weighted by atomic mass is 9.53. The molecule has 0 unspecified atom stereocenters. The summed E-state index contributed by atoms with van der Waals surface area (Å²) >= 11 is 0. The highest BCUT2D eigenvalue weighted by atomic mass is 17.3. The Kier molecular flexibility index (Phi) is 6.10. The van der Waals surface area contributed by atoms with Crippen LogP contribution in [0.4, 0.5) is 0 Å². The Balaban J connectivity index is 0.917. The quantitative estimate of drug-likeness (QED) is 0.532. The Labute approximate surface area is 209 Å². The molecule has 2 spiro atoms. The first kappa shape index (κ1) is 23.0. The van der Waals surface area contributed by atoms with E-state index in [1.807, 2.05) is 0 Å². The maximum Gasteiger partial charge on any atom is 0.210 e. The van der Waals surface area contributed by atoms with Gasteiger partial charge in [0, 0.05) is 50.9 Å². The number of benzene rings is 1. The lowest BCUT2D eigenvalue weighted by molar-refractivity contribution is -0.390. The Hall–Kier alpha value is -1.18. The number of ether oxygens (including phenoxy) is 3. The highest BCUT2D eigenvalue weighted by Crippen LogP contribution is 2.64. The van der Waals surface area contributed by atoms with Gasteiger partial charge < -0.3 is 14.2 Å². The summed E-state index contributed by atoms with van der Waals surface area (Å²) in [7, 11) is 0. The molecule has 4 bridgehead atoms. The molecule has 35 heavy (non-hydrogen) atoms. The molecule has 0 aromatic heterocycles. The maximum atomic E-state index is 6.88. The molecule has 8 rings (SSSR count). The van der Waals surface area contributed by atoms with Crippen LogP contribution in [0.15, 0.2) is 24.3 Å². The van der Waals surface area contributed by atoms with Crippen molar-refractivity contribution in [1.29, 1.82) is 0 Å². The fourth-order valence-corrected chi connectivity index (χ4v) is 8.34. The predicted octanol–water partition coefficient (Wildman–Crippen LogP) is 5.27. The third-order valence-corrected chi connectivity index (χ3v) is 10.0. The Morgan fingerprint density at radius 1 is 0.857 bits per heavy atom. The SMILES string of the molecule is c1cc(C2CCC3(CC2)OOC2(O3)C3CC4CC(C3)CC2C4)ccc1OCCN1CCCOCC1. The molecule has 0 N–H and O–H groups in total. The molecule has 1 aromatic rings. The summed E-state index contributed by atoms with van der Waals surface area (Å²) in [5.41, 5.74) is 1.40. The molecular weight excluding hydrogens is 442 g/mol. The molecule has 5 aliphatic carbocycles. The second-order valence-corrected chi connectivity index (χ2v) is 12.2. The second-order valence-electron chi connectivity index (χ2n) is 12.2. The van der Waals surface area contributed by atoms with Gasteiger partial charge in [-0.25, -0.2) is 0 Å². The fourth-order valence-electron chi connectivity index (χ4n) is 8.34. The van der Waals surface area contributed by atoms with Crippen LogP contribution in [0.1, 0.15) is 75.7 Å². The molecule has 0 amide bonds. The van der Waals surface area contributed by atoms with E-state index in [0.717, 1.165) is 89.1 Å². The largest absolute Gasteiger partial charge is 0.492 e. The highest BCUT2D eigenvalue weighted by molar-refractivity contribution is 5.30. The van der Waals surface area contributed by atoms with Gasteiger partial charge in [0.25, 0.3) is 0 Å². The Morgan fingerprint density at radius 2 is 1.60 bits per heavy atom. The van der Waals surface area contributed by atoms with Crippen LogP contribution < -0.4 is 4.74 Å². The number of hydrogen-bond donors (Lipinski definition) is 0. The minimum atomic E-state index is -0.521. The highest BCUT2D eigenvalue weighted by Gasteiger charge is 2.66. The van der Waals surface area contributed by atoms with E-state index in [4.69, 9.17) is 24.0 Å². The van der Waals surface area contributed by atoms with Crippen LogP contribution in [0.5, 0.6) is 5.75 Å². The van der Waals surface area contributed by atoms with Crippen molar-refractivity contribution in [2.45, 2.75) is 81.7 Å². The van der Waals surface area contributed by atoms with Gasteiger partial charge in [0.2, 0.25) is 11.6 Å². The average molecular weight is 484 g/mol. The molecular formula is C29H41NO5. The summed E-state index contributed by atoms with van der Waals surface area (Å²) in [5.74, 6) is 3.43. The van der Waals surface area contributed by atoms with Crippen molar-refractivity contribution in [3.63, 3.8) is 0 Å². The van der Waals surface area contributed by atoms with Gasteiger partial charge in [-0.2, -0.15) is 9.78 Å². The summed E-state index contributed by atoms with van der Waals surface area (Å²) < 4.78 is 18.5. The van der Waals surface area contributed by atoms with Crippen molar-refractivity contribution >= 4 is 0 Å². The van der Waals surface area contributed by atoms with Crippen molar-refractivity contribution in [1.82, 2.24) is 4.90 Å². The monoisotopic (exact) mass is 483 g/mol. The molecule has 1 aromatic carbocycles. The van der Waals surface area contributed by atoms with Gasteiger partial charge >= 0.3 is 0 Å². The van der Waals surface area contributed by atoms with E-state index in [9.17, 15) is 0 Å². The van der Waals surface area contributed by atoms with Crippen LogP contribution in [0.2, 0.25) is 0 Å². The average Bonchev–Trinajstić information content (AvgIpc) is 3.04. The van der Waals surface area contributed by atoms with E-state index < -0.39 is 11.6 Å². The van der Waals surface area contributed by atoms with E-state index in [0.29, 0.717) is 17.8 Å². The van der Waals surface area contributed by atoms with Crippen molar-refractivity contribution in [2.75, 3.05) is 39.5 Å². The van der Waals surface area contributed by atoms with Gasteiger partial charge in [-0.05, 0) is 86.8 Å². The molecule has 192 valence electrons. The van der Waals surface area contributed by atoms with Gasteiger partial charge in [-0.1, -0.05) is 12.1 Å². The van der Waals surface area contributed by atoms with E-state index in [1.54, 1.807) is 0 Å². The molecule has 6 heteroatoms. The van der Waals surface area contributed by atoms with E-state index in [2.05, 4.69) is 29.2 Å². The zero-order valence-corrected chi connectivity index (χ0v) is 21.0. The predicted molar refractivity (Wildman–Crippen MR) is 131 cm³/mol. The van der Waals surface area contributed by atoms with Crippen LogP contribution in [-0.4, -0.2) is 55.9 Å². The zero-order valence-electron chi connectivity index (χ0n) is 21.0. The van der Waals surface area contributed by atoms with Gasteiger partial charge in [0.1, 0.15) is 12.4 Å². The van der Waals surface area contributed by atoms with Crippen molar-refractivity contribution < 1.29 is 24.0 Å². The molecule has 2 heterocycles. The lowest BCUT2D eigenvalue weighted by Crippen LogP contribution is -2.59. The lowest BCUT2D eigenvalue weighted by Gasteiger charge is -2.57. The molecule has 7 aliphatic rings. The number of hydrogen-bond acceptors (Lipinski definition) is 6. The van der Waals surface area contributed by atoms with Crippen molar-refractivity contribution in [3.05, 3.63) is 29.8 Å². The summed E-state index contributed by atoms with van der Waals surface area (Å²) in [5, 5.41) is 0. The first-order chi connectivity index (χ1) is 17.2. The van der Waals surface area contributed by atoms with Gasteiger partial charge in [0.05, 0.1) is 6.61 Å². The topological polar surface area (TPSA) is 49.4 Å². The molecule has 5 saturated carbocycles. The molecule has 6 nitrogen and oxygen atoms in total. The Bertz CT molecular complexity index is 844. The van der Waals surface area contributed by atoms with Crippen LogP contribution in [-0.2, 0) is 19.2 Å². The molecule has 7 fully saturated rings. The maximum absolute atomic E-state index is 6.88. The molecule has 2 saturated heterocycles. The second kappa shape index (κ2) is 9.29. The minimum absolute atomic E-state index is 0.445. The minimum Gasteiger partial charge on any atom is -0.492 e. The molecule has 0 radical (unpaired) electrons. The summed E-state index contributed by atoms with van der Waals surface area (Å²) in [4.78, 5) is 14.8. The standard InChI is InChI=1S/C29H41NO5/c1-10-30(11-14-31-13-1)12-15-32-27-4-2-23(3-5-27)24-6-8-28(9-7-24)33-29(35-34-28)25-17-21-16-22(19-25)20-26(29)18-21/h2-5,21-22,24-26H,1,6-20H2.